The van der Waals surface area contributed by atoms with Crippen LogP contribution in [0, 0.1) is 0 Å². The van der Waals surface area contributed by atoms with Crippen LogP contribution in [0.4, 0.5) is 17.3 Å². The van der Waals surface area contributed by atoms with Crippen molar-refractivity contribution in [1.82, 2.24) is 9.78 Å². The van der Waals surface area contributed by atoms with Gasteiger partial charge in [0, 0.05) is 29.5 Å². The van der Waals surface area contributed by atoms with Gasteiger partial charge in [0.2, 0.25) is 10.4 Å². The van der Waals surface area contributed by atoms with Gasteiger partial charge in [-0.1, -0.05) is 35.4 Å². The van der Waals surface area contributed by atoms with Crippen LogP contribution in [-0.4, -0.2) is 36.9 Å². The second-order valence-corrected chi connectivity index (χ2v) is 7.48. The van der Waals surface area contributed by atoms with E-state index in [2.05, 4.69) is 67.9 Å². The molecular weight excluding hydrogens is 408 g/mol. The van der Waals surface area contributed by atoms with Crippen molar-refractivity contribution in [3.8, 4) is 0 Å². The van der Waals surface area contributed by atoms with Gasteiger partial charge in [-0.3, -0.25) is 4.18 Å². The molecule has 0 saturated carbocycles. The molecule has 0 fully saturated rings. The van der Waals surface area contributed by atoms with Gasteiger partial charge in [0.25, 0.3) is 0 Å². The average molecular weight is 433 g/mol. The number of aromatic nitrogens is 3. The van der Waals surface area contributed by atoms with Crippen molar-refractivity contribution >= 4 is 27.7 Å². The highest BCUT2D eigenvalue weighted by atomic mass is 32.3. The van der Waals surface area contributed by atoms with E-state index in [0.717, 1.165) is 25.0 Å². The van der Waals surface area contributed by atoms with E-state index in [1.54, 1.807) is 4.68 Å². The van der Waals surface area contributed by atoms with Crippen LogP contribution in [0.15, 0.2) is 71.2 Å². The molecule has 0 saturated heterocycles. The number of nitrogens with zero attached hydrogens (tertiary/aromatic N) is 6. The fourth-order valence-corrected chi connectivity index (χ4v) is 2.46. The van der Waals surface area contributed by atoms with Gasteiger partial charge in [-0.25, -0.2) is 13.0 Å². The third-order valence-electron chi connectivity index (χ3n) is 3.92. The van der Waals surface area contributed by atoms with Crippen LogP contribution in [0.3, 0.4) is 0 Å². The van der Waals surface area contributed by atoms with E-state index in [4.69, 9.17) is 0 Å². The summed E-state index contributed by atoms with van der Waals surface area (Å²) in [7, 11) is 2.23. The van der Waals surface area contributed by atoms with E-state index in [0.29, 0.717) is 5.95 Å². The molecule has 0 aliphatic heterocycles. The van der Waals surface area contributed by atoms with E-state index in [9.17, 15) is 13.0 Å². The molecule has 0 aliphatic rings. The smallest absolute Gasteiger partial charge is 0.435 e. The molecule has 0 radical (unpaired) electrons. The number of anilines is 1. The molecule has 0 bridgehead atoms. The van der Waals surface area contributed by atoms with Gasteiger partial charge in [0.1, 0.15) is 0 Å². The Labute approximate surface area is 176 Å². The molecule has 30 heavy (non-hydrogen) atoms. The van der Waals surface area contributed by atoms with Gasteiger partial charge in [-0.2, -0.15) is 0 Å². The topological polar surface area (TPSA) is 116 Å². The fourth-order valence-electron chi connectivity index (χ4n) is 2.46. The zero-order valence-corrected chi connectivity index (χ0v) is 18.0. The maximum absolute atomic E-state index is 9.22. The molecule has 1 aromatic heterocycles. The Hall–Kier alpha value is -3.15. The molecule has 3 aromatic rings. The standard InChI is InChI=1S/C18H21N6.CH4O4S/c1-22(13-15-7-5-4-6-8-15)17-11-9-16(10-12-17)19-20-18-21-24(3)14-23(18)2;1-5-6(2,3)4/h4-12,14H,13H2,1-3H3;1H3,(H,2,3,4)/q+1;/p-1. The molecule has 160 valence electrons. The summed E-state index contributed by atoms with van der Waals surface area (Å²) in [6.07, 6.45) is 1.84. The van der Waals surface area contributed by atoms with Crippen molar-refractivity contribution < 1.29 is 21.7 Å². The summed E-state index contributed by atoms with van der Waals surface area (Å²) in [6.45, 7) is 0.867. The second kappa shape index (κ2) is 10.6. The van der Waals surface area contributed by atoms with Crippen LogP contribution < -0.4 is 9.47 Å². The van der Waals surface area contributed by atoms with Crippen molar-refractivity contribution in [1.29, 1.82) is 0 Å². The van der Waals surface area contributed by atoms with Crippen molar-refractivity contribution in [2.24, 2.45) is 24.3 Å². The van der Waals surface area contributed by atoms with Crippen molar-refractivity contribution in [2.45, 2.75) is 6.54 Å². The highest BCUT2D eigenvalue weighted by Crippen LogP contribution is 2.21. The van der Waals surface area contributed by atoms with Crippen LogP contribution in [0.25, 0.3) is 0 Å². The molecule has 2 aromatic carbocycles. The minimum Gasteiger partial charge on any atom is -0.726 e. The molecular formula is C19H24N6O4S. The molecule has 0 spiro atoms. The highest BCUT2D eigenvalue weighted by molar-refractivity contribution is 7.80. The van der Waals surface area contributed by atoms with Crippen LogP contribution >= 0.6 is 0 Å². The zero-order valence-electron chi connectivity index (χ0n) is 17.2. The van der Waals surface area contributed by atoms with Crippen molar-refractivity contribution in [3.63, 3.8) is 0 Å². The first-order chi connectivity index (χ1) is 14.2. The lowest BCUT2D eigenvalue weighted by Gasteiger charge is -2.19. The lowest BCUT2D eigenvalue weighted by molar-refractivity contribution is -0.659. The van der Waals surface area contributed by atoms with Gasteiger partial charge >= 0.3 is 5.95 Å². The highest BCUT2D eigenvalue weighted by Gasteiger charge is 2.10. The number of aryl methyl sites for hydroxylation is 2. The Morgan fingerprint density at radius 2 is 1.73 bits per heavy atom. The molecule has 1 heterocycles. The van der Waals surface area contributed by atoms with Crippen LogP contribution in [0.2, 0.25) is 0 Å². The quantitative estimate of drug-likeness (QED) is 0.256. The van der Waals surface area contributed by atoms with Gasteiger partial charge in [-0.05, 0) is 29.8 Å². The molecule has 10 nitrogen and oxygen atoms in total. The first-order valence-corrected chi connectivity index (χ1v) is 10.2. The van der Waals surface area contributed by atoms with E-state index in [-0.39, 0.29) is 0 Å². The first-order valence-electron chi connectivity index (χ1n) is 8.85. The van der Waals surface area contributed by atoms with Gasteiger partial charge in [-0.15, -0.1) is 4.68 Å². The Morgan fingerprint density at radius 1 is 1.13 bits per heavy atom. The van der Waals surface area contributed by atoms with E-state index in [1.807, 2.05) is 43.2 Å². The van der Waals surface area contributed by atoms with Crippen LogP contribution in [0.5, 0.6) is 0 Å². The number of hydrogen-bond donors (Lipinski definition) is 0. The average Bonchev–Trinajstić information content (AvgIpc) is 3.04. The Balaban J connectivity index is 0.000000469. The summed E-state index contributed by atoms with van der Waals surface area (Å²) in [4.78, 5) is 2.20. The Bertz CT molecular complexity index is 1070. The molecule has 0 amide bonds. The second-order valence-electron chi connectivity index (χ2n) is 6.33. The molecule has 0 atom stereocenters. The van der Waals surface area contributed by atoms with Crippen molar-refractivity contribution in [3.05, 3.63) is 66.5 Å². The summed E-state index contributed by atoms with van der Waals surface area (Å²) in [5, 5.41) is 12.7. The first kappa shape index (κ1) is 23.1. The summed E-state index contributed by atoms with van der Waals surface area (Å²) in [6, 6.07) is 18.4. The SMILES string of the molecule is CN(Cc1ccccc1)c1ccc(N=Nc2nn(C)c[n+]2C)cc1.COS(=O)(=O)[O-]. The lowest BCUT2D eigenvalue weighted by Crippen LogP contribution is -2.24. The maximum Gasteiger partial charge on any atom is 0.435 e. The molecule has 11 heteroatoms. The van der Waals surface area contributed by atoms with Crippen molar-refractivity contribution in [2.75, 3.05) is 19.1 Å². The Morgan fingerprint density at radius 3 is 2.23 bits per heavy atom. The van der Waals surface area contributed by atoms with E-state index >= 15 is 0 Å². The summed E-state index contributed by atoms with van der Waals surface area (Å²) in [5.74, 6) is 0.572. The van der Waals surface area contributed by atoms with Crippen LogP contribution in [-0.2, 0) is 35.2 Å². The molecule has 0 N–H and O–H groups in total. The van der Waals surface area contributed by atoms with Gasteiger partial charge in [0.05, 0.1) is 26.9 Å². The molecule has 3 rings (SSSR count). The van der Waals surface area contributed by atoms with E-state index < -0.39 is 10.4 Å². The van der Waals surface area contributed by atoms with E-state index in [1.165, 1.54) is 5.56 Å². The predicted molar refractivity (Wildman–Crippen MR) is 110 cm³/mol. The normalized spacial score (nSPS) is 11.2. The Kier molecular flexibility index (Phi) is 8.16. The lowest BCUT2D eigenvalue weighted by atomic mass is 10.2. The third-order valence-corrected chi connectivity index (χ3v) is 4.32. The minimum absolute atomic E-state index is 0.572. The summed E-state index contributed by atoms with van der Waals surface area (Å²) >= 11 is 0. The fraction of sp³-hybridized carbons (Fsp3) is 0.263. The number of rotatable bonds is 6. The summed E-state index contributed by atoms with van der Waals surface area (Å²) in [5.41, 5.74) is 3.23. The molecule has 0 unspecified atom stereocenters. The maximum atomic E-state index is 9.22. The van der Waals surface area contributed by atoms with Gasteiger partial charge < -0.3 is 9.45 Å². The minimum atomic E-state index is -4.41. The number of hydrogen-bond acceptors (Lipinski definition) is 8. The van der Waals surface area contributed by atoms with Gasteiger partial charge in [0.15, 0.2) is 6.33 Å². The number of azo groups is 1. The third kappa shape index (κ3) is 7.70. The largest absolute Gasteiger partial charge is 0.726 e. The monoisotopic (exact) mass is 432 g/mol. The summed E-state index contributed by atoms with van der Waals surface area (Å²) < 4.78 is 34.6. The predicted octanol–water partition coefficient (Wildman–Crippen LogP) is 2.39. The van der Waals surface area contributed by atoms with Crippen LogP contribution in [0.1, 0.15) is 5.56 Å². The zero-order chi connectivity index (χ0) is 22.1. The number of benzene rings is 2. The molecule has 0 aliphatic carbocycles.